The molecule has 0 saturated carbocycles. The number of nitrogens with zero attached hydrogens (tertiary/aromatic N) is 4. The van der Waals surface area contributed by atoms with Crippen LogP contribution in [0.2, 0.25) is 0 Å². The van der Waals surface area contributed by atoms with E-state index in [-0.39, 0.29) is 23.9 Å². The van der Waals surface area contributed by atoms with E-state index in [2.05, 4.69) is 20.9 Å². The van der Waals surface area contributed by atoms with Gasteiger partial charge < -0.3 is 15.5 Å². The van der Waals surface area contributed by atoms with Crippen LogP contribution >= 0.6 is 11.8 Å². The topological polar surface area (TPSA) is 124 Å². The molecule has 254 valence electrons. The van der Waals surface area contributed by atoms with Crippen LogP contribution < -0.4 is 20.4 Å². The summed E-state index contributed by atoms with van der Waals surface area (Å²) >= 11 is 1.29. The molecule has 1 atom stereocenters. The average molecular weight is 695 g/mol. The Labute approximate surface area is 299 Å². The van der Waals surface area contributed by atoms with Gasteiger partial charge in [0, 0.05) is 42.3 Å². The molecule has 1 unspecified atom stereocenters. The number of carbonyl (C=O) groups is 4. The number of nitrogens with one attached hydrogen (secondary N) is 2. The van der Waals surface area contributed by atoms with Gasteiger partial charge in [-0.25, -0.2) is 4.90 Å². The second kappa shape index (κ2) is 15.9. The predicted octanol–water partition coefficient (Wildman–Crippen LogP) is 8.00. The van der Waals surface area contributed by atoms with E-state index < -0.39 is 17.1 Å². The molecule has 4 amide bonds. The van der Waals surface area contributed by atoms with E-state index >= 15 is 0 Å². The molecule has 1 heterocycles. The zero-order chi connectivity index (χ0) is 35.7. The Kier molecular flexibility index (Phi) is 10.8. The van der Waals surface area contributed by atoms with Crippen molar-refractivity contribution in [2.75, 3.05) is 29.2 Å². The Morgan fingerprint density at radius 1 is 0.765 bits per heavy atom. The molecule has 0 spiro atoms. The van der Waals surface area contributed by atoms with E-state index in [1.54, 1.807) is 78.9 Å². The molecule has 0 bridgehead atoms. The lowest BCUT2D eigenvalue weighted by Gasteiger charge is -2.15. The molecule has 5 aromatic rings. The highest BCUT2D eigenvalue weighted by atomic mass is 32.2. The molecule has 1 aliphatic heterocycles. The SMILES string of the molecule is CN(C)c1ccc(/C=C(\NC(=O)c2ccccc2)C(=O)Nc2ccc(SC3CC(=O)N(c4ccc(N=Nc5ccccc5)cc4)C3=O)cc2)cc1. The molecule has 10 nitrogen and oxygen atoms in total. The number of hydrogen-bond acceptors (Lipinski definition) is 8. The van der Waals surface area contributed by atoms with Crippen molar-refractivity contribution in [2.45, 2.75) is 16.6 Å². The number of amides is 4. The largest absolute Gasteiger partial charge is 0.378 e. The highest BCUT2D eigenvalue weighted by Crippen LogP contribution is 2.35. The molecular formula is C40H34N6O4S. The number of benzene rings is 5. The standard InChI is InChI=1S/C40H34N6O4S/c1-45(2)32-19-13-27(14-20-32)25-35(42-38(48)28-9-5-3-6-10-28)39(49)41-29-17-23-34(24-18-29)51-36-26-37(47)46(40(36)50)33-21-15-31(16-22-33)44-43-30-11-7-4-8-12-30/h3-25,36H,26H2,1-2H3,(H,41,49)(H,42,48)/b35-25-,44-43?. The first-order valence-corrected chi connectivity index (χ1v) is 17.0. The minimum Gasteiger partial charge on any atom is -0.378 e. The summed E-state index contributed by atoms with van der Waals surface area (Å²) < 4.78 is 0. The number of thioether (sulfide) groups is 1. The number of azo groups is 1. The lowest BCUT2D eigenvalue weighted by atomic mass is 10.1. The molecule has 1 saturated heterocycles. The molecule has 51 heavy (non-hydrogen) atoms. The van der Waals surface area contributed by atoms with Gasteiger partial charge in [-0.05, 0) is 96.6 Å². The number of anilines is 3. The van der Waals surface area contributed by atoms with Gasteiger partial charge in [-0.1, -0.05) is 48.5 Å². The van der Waals surface area contributed by atoms with Crippen molar-refractivity contribution in [3.63, 3.8) is 0 Å². The highest BCUT2D eigenvalue weighted by Gasteiger charge is 2.40. The van der Waals surface area contributed by atoms with Crippen LogP contribution in [0.15, 0.2) is 154 Å². The van der Waals surface area contributed by atoms with E-state index in [1.165, 1.54) is 16.7 Å². The summed E-state index contributed by atoms with van der Waals surface area (Å²) in [6.07, 6.45) is 1.68. The molecule has 5 aromatic carbocycles. The lowest BCUT2D eigenvalue weighted by Crippen LogP contribution is -2.31. The van der Waals surface area contributed by atoms with Crippen molar-refractivity contribution >= 4 is 69.9 Å². The van der Waals surface area contributed by atoms with Crippen LogP contribution in [0, 0.1) is 0 Å². The fraction of sp³-hybridized carbons (Fsp3) is 0.100. The normalized spacial score (nSPS) is 14.5. The summed E-state index contributed by atoms with van der Waals surface area (Å²) in [5.74, 6) is -1.50. The molecule has 0 radical (unpaired) electrons. The van der Waals surface area contributed by atoms with Crippen LogP contribution in [0.4, 0.5) is 28.4 Å². The van der Waals surface area contributed by atoms with E-state index in [0.29, 0.717) is 22.6 Å². The Balaban J connectivity index is 1.10. The first-order valence-electron chi connectivity index (χ1n) is 16.1. The molecular weight excluding hydrogens is 661 g/mol. The van der Waals surface area contributed by atoms with Crippen LogP contribution in [0.25, 0.3) is 6.08 Å². The minimum absolute atomic E-state index is 0.0578. The zero-order valence-corrected chi connectivity index (χ0v) is 28.7. The number of hydrogen-bond donors (Lipinski definition) is 2. The van der Waals surface area contributed by atoms with E-state index in [0.717, 1.165) is 21.8 Å². The first-order chi connectivity index (χ1) is 24.7. The van der Waals surface area contributed by atoms with E-state index in [4.69, 9.17) is 0 Å². The first kappa shape index (κ1) is 34.5. The van der Waals surface area contributed by atoms with Crippen molar-refractivity contribution in [2.24, 2.45) is 10.2 Å². The Morgan fingerprint density at radius 2 is 1.37 bits per heavy atom. The third-order valence-electron chi connectivity index (χ3n) is 7.89. The molecule has 11 heteroatoms. The molecule has 2 N–H and O–H groups in total. The second-order valence-electron chi connectivity index (χ2n) is 11.8. The number of carbonyl (C=O) groups excluding carboxylic acids is 4. The second-order valence-corrected chi connectivity index (χ2v) is 13.0. The maximum atomic E-state index is 13.5. The fourth-order valence-corrected chi connectivity index (χ4v) is 6.26. The van der Waals surface area contributed by atoms with Crippen molar-refractivity contribution in [1.82, 2.24) is 5.32 Å². The van der Waals surface area contributed by atoms with Gasteiger partial charge in [0.15, 0.2) is 0 Å². The molecule has 1 fully saturated rings. The summed E-state index contributed by atoms with van der Waals surface area (Å²) in [6.45, 7) is 0. The van der Waals surface area contributed by atoms with Gasteiger partial charge in [0.2, 0.25) is 11.8 Å². The minimum atomic E-state index is -0.600. The van der Waals surface area contributed by atoms with E-state index in [9.17, 15) is 19.2 Å². The smallest absolute Gasteiger partial charge is 0.272 e. The van der Waals surface area contributed by atoms with Crippen LogP contribution in [0.1, 0.15) is 22.3 Å². The van der Waals surface area contributed by atoms with Crippen molar-refractivity contribution in [3.8, 4) is 0 Å². The van der Waals surface area contributed by atoms with Crippen LogP contribution in [0.3, 0.4) is 0 Å². The van der Waals surface area contributed by atoms with Crippen LogP contribution in [-0.4, -0.2) is 43.0 Å². The van der Waals surface area contributed by atoms with E-state index in [1.807, 2.05) is 79.7 Å². The lowest BCUT2D eigenvalue weighted by molar-refractivity contribution is -0.121. The fourth-order valence-electron chi connectivity index (χ4n) is 5.20. The Hall–Kier alpha value is -6.33. The number of rotatable bonds is 11. The van der Waals surface area contributed by atoms with Crippen LogP contribution in [-0.2, 0) is 14.4 Å². The van der Waals surface area contributed by atoms with Crippen molar-refractivity contribution in [1.29, 1.82) is 0 Å². The monoisotopic (exact) mass is 694 g/mol. The predicted molar refractivity (Wildman–Crippen MR) is 202 cm³/mol. The Bertz CT molecular complexity index is 2080. The summed E-state index contributed by atoms with van der Waals surface area (Å²) in [6, 6.07) is 39.4. The molecule has 0 aliphatic carbocycles. The summed E-state index contributed by atoms with van der Waals surface area (Å²) in [4.78, 5) is 56.7. The maximum absolute atomic E-state index is 13.5. The van der Waals surface area contributed by atoms with Gasteiger partial charge in [-0.3, -0.25) is 19.2 Å². The van der Waals surface area contributed by atoms with Gasteiger partial charge in [-0.15, -0.1) is 11.8 Å². The third kappa shape index (κ3) is 8.83. The summed E-state index contributed by atoms with van der Waals surface area (Å²) in [7, 11) is 3.88. The summed E-state index contributed by atoms with van der Waals surface area (Å²) in [5.41, 5.74) is 4.51. The van der Waals surface area contributed by atoms with Crippen molar-refractivity contribution < 1.29 is 19.2 Å². The quantitative estimate of drug-likeness (QED) is 0.0821. The van der Waals surface area contributed by atoms with Gasteiger partial charge in [-0.2, -0.15) is 10.2 Å². The van der Waals surface area contributed by atoms with Gasteiger partial charge in [0.1, 0.15) is 5.70 Å². The maximum Gasteiger partial charge on any atom is 0.272 e. The highest BCUT2D eigenvalue weighted by molar-refractivity contribution is 8.00. The van der Waals surface area contributed by atoms with Crippen LogP contribution in [0.5, 0.6) is 0 Å². The van der Waals surface area contributed by atoms with Gasteiger partial charge in [0.25, 0.3) is 11.8 Å². The van der Waals surface area contributed by atoms with Crippen molar-refractivity contribution in [3.05, 3.63) is 150 Å². The number of imide groups is 1. The summed E-state index contributed by atoms with van der Waals surface area (Å²) in [5, 5.41) is 13.4. The molecule has 6 rings (SSSR count). The Morgan fingerprint density at radius 3 is 2.00 bits per heavy atom. The van der Waals surface area contributed by atoms with Gasteiger partial charge >= 0.3 is 0 Å². The third-order valence-corrected chi connectivity index (χ3v) is 9.09. The average Bonchev–Trinajstić information content (AvgIpc) is 3.43. The van der Waals surface area contributed by atoms with Gasteiger partial charge in [0.05, 0.1) is 22.3 Å². The zero-order valence-electron chi connectivity index (χ0n) is 27.9. The molecule has 1 aliphatic rings. The molecule has 0 aromatic heterocycles.